The van der Waals surface area contributed by atoms with Crippen LogP contribution in [0, 0.1) is 5.92 Å². The van der Waals surface area contributed by atoms with Crippen LogP contribution in [0.4, 0.5) is 38.5 Å². The van der Waals surface area contributed by atoms with Crippen molar-refractivity contribution in [3.05, 3.63) is 93.0 Å². The maximum absolute atomic E-state index is 14.0. The van der Waals surface area contributed by atoms with E-state index in [4.69, 9.17) is 23.2 Å². The van der Waals surface area contributed by atoms with Crippen LogP contribution in [0.15, 0.2) is 60.7 Å². The number of aliphatic hydroxyl groups is 2. The lowest BCUT2D eigenvalue weighted by Gasteiger charge is -2.34. The van der Waals surface area contributed by atoms with E-state index in [1.165, 1.54) is 41.3 Å². The zero-order chi connectivity index (χ0) is 35.0. The molecule has 0 bridgehead atoms. The molecule has 3 aromatic carbocycles. The average molecular weight is 712 g/mol. The summed E-state index contributed by atoms with van der Waals surface area (Å²) in [4.78, 5) is 29.1. The number of likely N-dealkylation sites (tertiary alicyclic amines) is 2. The van der Waals surface area contributed by atoms with Gasteiger partial charge in [-0.05, 0) is 78.8 Å². The summed E-state index contributed by atoms with van der Waals surface area (Å²) < 4.78 is 55.9. The second-order valence-corrected chi connectivity index (χ2v) is 13.4. The minimum Gasteiger partial charge on any atom is -0.388 e. The van der Waals surface area contributed by atoms with Crippen molar-refractivity contribution in [3.63, 3.8) is 0 Å². The molecule has 4 N–H and O–H groups in total. The van der Waals surface area contributed by atoms with Gasteiger partial charge in [-0.25, -0.2) is 27.2 Å². The number of hydrogen-bond donors (Lipinski definition) is 4. The fourth-order valence-electron chi connectivity index (χ4n) is 6.19. The molecule has 2 aliphatic heterocycles. The van der Waals surface area contributed by atoms with Crippen molar-refractivity contribution in [1.29, 1.82) is 0 Å². The van der Waals surface area contributed by atoms with Crippen molar-refractivity contribution >= 4 is 46.6 Å². The Bertz CT molecular complexity index is 1680. The molecule has 4 amide bonds. The molecule has 2 heterocycles. The van der Waals surface area contributed by atoms with Crippen LogP contribution in [-0.4, -0.2) is 58.3 Å². The largest absolute Gasteiger partial charge is 0.388 e. The highest BCUT2D eigenvalue weighted by Crippen LogP contribution is 2.40. The van der Waals surface area contributed by atoms with Gasteiger partial charge in [0.1, 0.15) is 5.60 Å². The number of piperidine rings is 1. The number of nitrogens with one attached hydrogen (secondary N) is 2. The predicted molar refractivity (Wildman–Crippen MR) is 176 cm³/mol. The molecule has 2 saturated heterocycles. The van der Waals surface area contributed by atoms with Crippen LogP contribution in [0.5, 0.6) is 0 Å². The van der Waals surface area contributed by atoms with E-state index in [9.17, 15) is 37.4 Å². The molecule has 8 nitrogen and oxygen atoms in total. The van der Waals surface area contributed by atoms with Crippen molar-refractivity contribution in [1.82, 2.24) is 9.80 Å². The predicted octanol–water partition coefficient (Wildman–Crippen LogP) is 8.32. The lowest BCUT2D eigenvalue weighted by atomic mass is 9.86. The third kappa shape index (κ3) is 7.99. The lowest BCUT2D eigenvalue weighted by molar-refractivity contribution is 0.0157. The number of amides is 4. The zero-order valence-electron chi connectivity index (χ0n) is 26.3. The molecule has 0 aliphatic carbocycles. The van der Waals surface area contributed by atoms with E-state index >= 15 is 0 Å². The highest BCUT2D eigenvalue weighted by atomic mass is 35.5. The van der Waals surface area contributed by atoms with Gasteiger partial charge in [0.05, 0.1) is 12.6 Å². The zero-order valence-corrected chi connectivity index (χ0v) is 27.8. The third-order valence-electron chi connectivity index (χ3n) is 8.95. The van der Waals surface area contributed by atoms with Gasteiger partial charge in [0, 0.05) is 66.0 Å². The molecule has 0 spiro atoms. The van der Waals surface area contributed by atoms with Gasteiger partial charge in [-0.15, -0.1) is 0 Å². The van der Waals surface area contributed by atoms with Gasteiger partial charge >= 0.3 is 12.1 Å². The molecule has 2 atom stereocenters. The van der Waals surface area contributed by atoms with E-state index in [0.717, 1.165) is 13.8 Å². The number of anilines is 2. The molecule has 2 aliphatic rings. The van der Waals surface area contributed by atoms with E-state index in [-0.39, 0.29) is 52.6 Å². The van der Waals surface area contributed by atoms with Crippen molar-refractivity contribution in [2.75, 3.05) is 36.8 Å². The first-order valence-corrected chi connectivity index (χ1v) is 16.2. The van der Waals surface area contributed by atoms with Crippen LogP contribution in [0.25, 0.3) is 0 Å². The first-order valence-electron chi connectivity index (χ1n) is 15.4. The number of urea groups is 2. The first kappa shape index (κ1) is 35.7. The Balaban J connectivity index is 1.15. The number of alkyl halides is 4. The Morgan fingerprint density at radius 3 is 1.96 bits per heavy atom. The summed E-state index contributed by atoms with van der Waals surface area (Å²) >= 11 is 11.9. The number of halogens is 6. The molecule has 2 fully saturated rings. The maximum Gasteiger partial charge on any atom is 0.321 e. The summed E-state index contributed by atoms with van der Waals surface area (Å²) in [5.74, 6) is -6.61. The monoisotopic (exact) mass is 710 g/mol. The van der Waals surface area contributed by atoms with Crippen LogP contribution < -0.4 is 10.6 Å². The maximum atomic E-state index is 14.0. The molecule has 3 aromatic rings. The van der Waals surface area contributed by atoms with Gasteiger partial charge in [-0.2, -0.15) is 0 Å². The Morgan fingerprint density at radius 1 is 0.833 bits per heavy atom. The Labute approximate surface area is 285 Å². The standard InChI is InChI=1S/C34H36Cl2F4N4O4/c1-32(37,38)25-16-21(6-8-27(25)35)29(45)20-10-13-43(14-11-20)30(46)41-23-4-3-5-24(18-23)42-31(47)44-15-12-34(48,19-44)22-7-9-28(36)26(17-22)33(2,39)40/h3-9,16-18,20,29,45,48H,10-15,19H2,1-2H3,(H,41,46)(H,42,47). The number of hydrogen-bond acceptors (Lipinski definition) is 4. The normalized spacial score (nSPS) is 19.7. The van der Waals surface area contributed by atoms with Crippen LogP contribution in [0.2, 0.25) is 10.0 Å². The Kier molecular flexibility index (Phi) is 10.2. The fourth-order valence-corrected chi connectivity index (χ4v) is 6.75. The number of aliphatic hydroxyl groups excluding tert-OH is 1. The summed E-state index contributed by atoms with van der Waals surface area (Å²) in [5, 5.41) is 27.5. The van der Waals surface area contributed by atoms with Gasteiger partial charge in [0.15, 0.2) is 0 Å². The number of benzene rings is 3. The molecule has 258 valence electrons. The average Bonchev–Trinajstić information content (AvgIpc) is 3.43. The van der Waals surface area contributed by atoms with Gasteiger partial charge in [0.2, 0.25) is 0 Å². The minimum absolute atomic E-state index is 0.0758. The van der Waals surface area contributed by atoms with Gasteiger partial charge in [-0.1, -0.05) is 41.4 Å². The molecule has 48 heavy (non-hydrogen) atoms. The number of carbonyl (C=O) groups is 2. The van der Waals surface area contributed by atoms with E-state index in [0.29, 0.717) is 42.9 Å². The molecule has 5 rings (SSSR count). The summed E-state index contributed by atoms with van der Waals surface area (Å²) in [7, 11) is 0. The summed E-state index contributed by atoms with van der Waals surface area (Å²) in [6.45, 7) is 2.18. The van der Waals surface area contributed by atoms with Crippen LogP contribution in [0.3, 0.4) is 0 Å². The fraction of sp³-hybridized carbons (Fsp3) is 0.412. The molecule has 0 saturated carbocycles. The number of nitrogens with zero attached hydrogens (tertiary/aromatic N) is 2. The smallest absolute Gasteiger partial charge is 0.321 e. The SMILES string of the molecule is CC(F)(F)c1cc(C(O)C2CCN(C(=O)Nc3cccc(NC(=O)N4CCC(O)(c5ccc(Cl)c(C(C)(F)F)c5)C4)c3)CC2)ccc1Cl. The summed E-state index contributed by atoms with van der Waals surface area (Å²) in [5.41, 5.74) is -0.911. The second-order valence-electron chi connectivity index (χ2n) is 12.6. The van der Waals surface area contributed by atoms with Gasteiger partial charge in [-0.3, -0.25) is 0 Å². The van der Waals surface area contributed by atoms with E-state index < -0.39 is 35.1 Å². The number of β-amino-alcohol motifs (C(OH)–C–C–N with tert-alkyl or cyclic N) is 1. The first-order chi connectivity index (χ1) is 22.4. The minimum atomic E-state index is -3.21. The molecular weight excluding hydrogens is 675 g/mol. The van der Waals surface area contributed by atoms with Crippen molar-refractivity contribution in [2.24, 2.45) is 5.92 Å². The Morgan fingerprint density at radius 2 is 1.38 bits per heavy atom. The summed E-state index contributed by atoms with van der Waals surface area (Å²) in [6.07, 6.45) is 0.0397. The van der Waals surface area contributed by atoms with Crippen LogP contribution >= 0.6 is 23.2 Å². The third-order valence-corrected chi connectivity index (χ3v) is 9.61. The topological polar surface area (TPSA) is 105 Å². The molecule has 0 aromatic heterocycles. The lowest BCUT2D eigenvalue weighted by Crippen LogP contribution is -2.42. The molecule has 2 unspecified atom stereocenters. The number of rotatable bonds is 7. The number of carbonyl (C=O) groups excluding carboxylic acids is 2. The molecule has 14 heteroatoms. The highest BCUT2D eigenvalue weighted by Gasteiger charge is 2.41. The van der Waals surface area contributed by atoms with E-state index in [1.807, 2.05) is 0 Å². The van der Waals surface area contributed by atoms with Crippen molar-refractivity contribution in [3.8, 4) is 0 Å². The second kappa shape index (κ2) is 13.7. The van der Waals surface area contributed by atoms with Gasteiger partial charge < -0.3 is 30.6 Å². The van der Waals surface area contributed by atoms with E-state index in [1.54, 1.807) is 29.2 Å². The van der Waals surface area contributed by atoms with Crippen molar-refractivity contribution in [2.45, 2.75) is 56.7 Å². The molecule has 0 radical (unpaired) electrons. The van der Waals surface area contributed by atoms with Crippen molar-refractivity contribution < 1.29 is 37.4 Å². The molecular formula is C34H36Cl2F4N4O4. The van der Waals surface area contributed by atoms with Gasteiger partial charge in [0.25, 0.3) is 11.8 Å². The highest BCUT2D eigenvalue weighted by molar-refractivity contribution is 6.31. The van der Waals surface area contributed by atoms with Crippen LogP contribution in [-0.2, 0) is 17.4 Å². The van der Waals surface area contributed by atoms with E-state index in [2.05, 4.69) is 10.6 Å². The Hall–Kier alpha value is -3.58. The quantitative estimate of drug-likeness (QED) is 0.185. The summed E-state index contributed by atoms with van der Waals surface area (Å²) in [6, 6.07) is 13.7. The van der Waals surface area contributed by atoms with Crippen LogP contribution in [0.1, 0.15) is 61.5 Å².